The van der Waals surface area contributed by atoms with Gasteiger partial charge in [-0.05, 0) is 48.1 Å². The van der Waals surface area contributed by atoms with Gasteiger partial charge in [-0.3, -0.25) is 4.98 Å². The summed E-state index contributed by atoms with van der Waals surface area (Å²) in [5.41, 5.74) is 5.15. The third kappa shape index (κ3) is 3.25. The molecule has 0 spiro atoms. The number of fused-ring (bicyclic) bond motifs is 3. The molecule has 0 amide bonds. The van der Waals surface area contributed by atoms with Crippen molar-refractivity contribution in [2.45, 2.75) is 12.8 Å². The van der Waals surface area contributed by atoms with E-state index in [-0.39, 0.29) is 0 Å². The minimum Gasteiger partial charge on any atom is -0.476 e. The van der Waals surface area contributed by atoms with Crippen molar-refractivity contribution in [3.05, 3.63) is 42.7 Å². The first-order chi connectivity index (χ1) is 14.8. The number of nitrogens with one attached hydrogen (secondary N) is 2. The predicted octanol–water partition coefficient (Wildman–Crippen LogP) is 3.37. The normalized spacial score (nSPS) is 17.0. The molecular weight excluding hydrogens is 376 g/mol. The van der Waals surface area contributed by atoms with Crippen LogP contribution in [0.5, 0.6) is 5.88 Å². The molecule has 1 saturated carbocycles. The molecule has 6 rings (SSSR count). The van der Waals surface area contributed by atoms with Gasteiger partial charge in [-0.15, -0.1) is 0 Å². The summed E-state index contributed by atoms with van der Waals surface area (Å²) in [5.74, 6) is 2.09. The lowest BCUT2D eigenvalue weighted by molar-refractivity contribution is 0.291. The Morgan fingerprint density at radius 2 is 1.83 bits per heavy atom. The van der Waals surface area contributed by atoms with Gasteiger partial charge in [0.05, 0.1) is 6.61 Å². The Morgan fingerprint density at radius 3 is 2.63 bits per heavy atom. The molecule has 3 aromatic heterocycles. The van der Waals surface area contributed by atoms with Crippen LogP contribution in [0.25, 0.3) is 33.1 Å². The highest BCUT2D eigenvalue weighted by molar-refractivity contribution is 6.07. The van der Waals surface area contributed by atoms with Crippen LogP contribution in [0.3, 0.4) is 0 Å². The number of nitrogens with zero attached hydrogens (tertiary/aromatic N) is 4. The van der Waals surface area contributed by atoms with E-state index in [1.54, 1.807) is 0 Å². The van der Waals surface area contributed by atoms with Crippen molar-refractivity contribution >= 4 is 27.9 Å². The van der Waals surface area contributed by atoms with Gasteiger partial charge in [0.2, 0.25) is 11.8 Å². The lowest BCUT2D eigenvalue weighted by Crippen LogP contribution is -2.44. The number of hydrogen-bond acceptors (Lipinski definition) is 6. The number of H-pyrrole nitrogens is 1. The van der Waals surface area contributed by atoms with Crippen molar-refractivity contribution in [3.63, 3.8) is 0 Å². The van der Waals surface area contributed by atoms with Crippen LogP contribution in [0, 0.1) is 5.92 Å². The Kier molecular flexibility index (Phi) is 4.27. The van der Waals surface area contributed by atoms with E-state index < -0.39 is 0 Å². The van der Waals surface area contributed by atoms with Gasteiger partial charge in [-0.1, -0.05) is 12.1 Å². The van der Waals surface area contributed by atoms with Crippen LogP contribution >= 0.6 is 0 Å². The summed E-state index contributed by atoms with van der Waals surface area (Å²) in [6, 6.07) is 10.5. The zero-order valence-corrected chi connectivity index (χ0v) is 16.8. The third-order valence-corrected chi connectivity index (χ3v) is 5.96. The van der Waals surface area contributed by atoms with Crippen LogP contribution in [-0.2, 0) is 0 Å². The molecule has 152 valence electrons. The third-order valence-electron chi connectivity index (χ3n) is 5.96. The van der Waals surface area contributed by atoms with Gasteiger partial charge in [-0.25, -0.2) is 4.98 Å². The number of ether oxygens (including phenoxy) is 1. The zero-order valence-electron chi connectivity index (χ0n) is 16.8. The highest BCUT2D eigenvalue weighted by Crippen LogP contribution is 2.35. The summed E-state index contributed by atoms with van der Waals surface area (Å²) in [5, 5.41) is 4.49. The van der Waals surface area contributed by atoms with E-state index in [2.05, 4.69) is 38.4 Å². The van der Waals surface area contributed by atoms with Gasteiger partial charge in [0.15, 0.2) is 0 Å². The van der Waals surface area contributed by atoms with Crippen LogP contribution in [0.4, 0.5) is 5.95 Å². The Morgan fingerprint density at radius 1 is 1.00 bits per heavy atom. The van der Waals surface area contributed by atoms with Gasteiger partial charge in [-0.2, -0.15) is 4.98 Å². The molecule has 1 aliphatic heterocycles. The maximum absolute atomic E-state index is 6.19. The second-order valence-corrected chi connectivity index (χ2v) is 8.17. The van der Waals surface area contributed by atoms with E-state index in [9.17, 15) is 0 Å². The number of pyridine rings is 1. The molecule has 30 heavy (non-hydrogen) atoms. The van der Waals surface area contributed by atoms with Crippen LogP contribution in [-0.4, -0.2) is 52.7 Å². The number of piperazine rings is 1. The van der Waals surface area contributed by atoms with Crippen LogP contribution in [0.15, 0.2) is 42.7 Å². The molecule has 2 fully saturated rings. The molecule has 0 atom stereocenters. The first-order valence-electron chi connectivity index (χ1n) is 10.7. The summed E-state index contributed by atoms with van der Waals surface area (Å²) >= 11 is 0. The average Bonchev–Trinajstić information content (AvgIpc) is 3.57. The highest BCUT2D eigenvalue weighted by atomic mass is 16.5. The van der Waals surface area contributed by atoms with Gasteiger partial charge < -0.3 is 19.9 Å². The molecule has 0 bridgehead atoms. The summed E-state index contributed by atoms with van der Waals surface area (Å²) in [6.07, 6.45) is 6.14. The Bertz CT molecular complexity index is 1190. The van der Waals surface area contributed by atoms with Gasteiger partial charge in [0.1, 0.15) is 11.0 Å². The maximum Gasteiger partial charge on any atom is 0.243 e. The molecule has 7 heteroatoms. The second kappa shape index (κ2) is 7.25. The SMILES string of the molecule is c1cc(-c2ccc3c(c2)[nH]c2c(OCC4CC4)nc(N4CCNCC4)nc23)ccn1. The first kappa shape index (κ1) is 17.7. The molecule has 4 aromatic rings. The van der Waals surface area contributed by atoms with Crippen molar-refractivity contribution < 1.29 is 4.74 Å². The highest BCUT2D eigenvalue weighted by Gasteiger charge is 2.24. The Labute approximate surface area is 174 Å². The quantitative estimate of drug-likeness (QED) is 0.535. The minimum atomic E-state index is 0.667. The fourth-order valence-electron chi connectivity index (χ4n) is 4.04. The maximum atomic E-state index is 6.19. The lowest BCUT2D eigenvalue weighted by Gasteiger charge is -2.27. The van der Waals surface area contributed by atoms with Crippen molar-refractivity contribution in [1.29, 1.82) is 0 Å². The van der Waals surface area contributed by atoms with Crippen LogP contribution in [0.1, 0.15) is 12.8 Å². The van der Waals surface area contributed by atoms with Gasteiger partial charge >= 0.3 is 0 Å². The smallest absolute Gasteiger partial charge is 0.243 e. The molecule has 7 nitrogen and oxygen atoms in total. The predicted molar refractivity (Wildman–Crippen MR) is 118 cm³/mol. The minimum absolute atomic E-state index is 0.667. The fraction of sp³-hybridized carbons (Fsp3) is 0.348. The molecule has 2 N–H and O–H groups in total. The van der Waals surface area contributed by atoms with Gasteiger partial charge in [0.25, 0.3) is 0 Å². The molecular formula is C23H24N6O. The molecule has 1 aliphatic carbocycles. The topological polar surface area (TPSA) is 79.0 Å². The molecule has 1 aromatic carbocycles. The summed E-state index contributed by atoms with van der Waals surface area (Å²) < 4.78 is 6.19. The summed E-state index contributed by atoms with van der Waals surface area (Å²) in [4.78, 5) is 19.7. The van der Waals surface area contributed by atoms with Crippen molar-refractivity contribution in [2.24, 2.45) is 5.92 Å². The number of benzene rings is 1. The monoisotopic (exact) mass is 400 g/mol. The Balaban J connectivity index is 1.48. The number of rotatable bonds is 5. The molecule has 1 saturated heterocycles. The van der Waals surface area contributed by atoms with Crippen LogP contribution < -0.4 is 15.0 Å². The molecule has 0 radical (unpaired) electrons. The van der Waals surface area contributed by atoms with Crippen molar-refractivity contribution in [2.75, 3.05) is 37.7 Å². The zero-order chi connectivity index (χ0) is 19.9. The fourth-order valence-corrected chi connectivity index (χ4v) is 4.04. The number of hydrogen-bond donors (Lipinski definition) is 2. The van der Waals surface area contributed by atoms with Gasteiger partial charge in [0, 0.05) is 49.5 Å². The van der Waals surface area contributed by atoms with Crippen molar-refractivity contribution in [3.8, 4) is 17.0 Å². The van der Waals surface area contributed by atoms with Crippen LogP contribution in [0.2, 0.25) is 0 Å². The Hall–Kier alpha value is -3.19. The summed E-state index contributed by atoms with van der Waals surface area (Å²) in [7, 11) is 0. The molecule has 2 aliphatic rings. The van der Waals surface area contributed by atoms with Crippen molar-refractivity contribution in [1.82, 2.24) is 25.3 Å². The van der Waals surface area contributed by atoms with E-state index in [1.807, 2.05) is 24.5 Å². The van der Waals surface area contributed by atoms with E-state index in [0.717, 1.165) is 71.8 Å². The van der Waals surface area contributed by atoms with E-state index in [1.165, 1.54) is 12.8 Å². The van der Waals surface area contributed by atoms with E-state index in [0.29, 0.717) is 11.8 Å². The lowest BCUT2D eigenvalue weighted by atomic mass is 10.1. The molecule has 4 heterocycles. The van der Waals surface area contributed by atoms with E-state index >= 15 is 0 Å². The number of aromatic amines is 1. The average molecular weight is 400 g/mol. The summed E-state index contributed by atoms with van der Waals surface area (Å²) in [6.45, 7) is 4.43. The number of anilines is 1. The standard InChI is InChI=1S/C23H24N6O/c1-2-15(1)14-30-22-21-20(27-23(28-22)29-11-9-25-10-12-29)18-4-3-17(13-19(18)26-21)16-5-7-24-8-6-16/h3-8,13,15,25-26H,1-2,9-12,14H2. The first-order valence-corrected chi connectivity index (χ1v) is 10.7. The molecule has 0 unspecified atom stereocenters. The largest absolute Gasteiger partial charge is 0.476 e. The second-order valence-electron chi connectivity index (χ2n) is 8.17. The number of aromatic nitrogens is 4. The van der Waals surface area contributed by atoms with E-state index in [4.69, 9.17) is 14.7 Å².